The Morgan fingerprint density at radius 1 is 1.12 bits per heavy atom. The average Bonchev–Trinajstić information content (AvgIpc) is 3.24. The molecule has 0 radical (unpaired) electrons. The second-order valence-corrected chi connectivity index (χ2v) is 17.8. The fourth-order valence-electron chi connectivity index (χ4n) is 7.85. The molecule has 3 aromatic rings. The number of methoxy groups -OCH3 is 1. The number of fused-ring (bicyclic) bond motifs is 4. The van der Waals surface area contributed by atoms with Crippen molar-refractivity contribution in [3.63, 3.8) is 0 Å². The van der Waals surface area contributed by atoms with Crippen LogP contribution in [-0.2, 0) is 36.0 Å². The molecule has 0 aromatic heterocycles. The molecular formula is C39H43BrClN3O6S. The monoisotopic (exact) mass is 795 g/mol. The molecule has 1 saturated carbocycles. The number of benzene rings is 3. The molecule has 51 heavy (non-hydrogen) atoms. The second kappa shape index (κ2) is 14.3. The van der Waals surface area contributed by atoms with E-state index in [4.69, 9.17) is 25.8 Å². The predicted octanol–water partition coefficient (Wildman–Crippen LogP) is 7.68. The maximum absolute atomic E-state index is 15.1. The highest BCUT2D eigenvalue weighted by molar-refractivity contribution is 9.10. The summed E-state index contributed by atoms with van der Waals surface area (Å²) in [4.78, 5) is 30.0. The van der Waals surface area contributed by atoms with Crippen molar-refractivity contribution >= 4 is 54.9 Å². The van der Waals surface area contributed by atoms with Gasteiger partial charge in [0.05, 0.1) is 29.9 Å². The normalized spacial score (nSPS) is 28.7. The number of carbonyl (C=O) groups is 2. The molecule has 2 bridgehead atoms. The highest BCUT2D eigenvalue weighted by atomic mass is 79.9. The van der Waals surface area contributed by atoms with E-state index in [0.29, 0.717) is 24.8 Å². The molecule has 2 heterocycles. The third-order valence-corrected chi connectivity index (χ3v) is 13.4. The van der Waals surface area contributed by atoms with Gasteiger partial charge in [0.2, 0.25) is 0 Å². The van der Waals surface area contributed by atoms with Crippen molar-refractivity contribution in [3.05, 3.63) is 99.0 Å². The number of carbonyl (C=O) groups excluding carboxylic acids is 2. The summed E-state index contributed by atoms with van der Waals surface area (Å²) in [6.07, 6.45) is 8.74. The molecule has 1 N–H and O–H groups in total. The molecule has 270 valence electrons. The van der Waals surface area contributed by atoms with Gasteiger partial charge in [0, 0.05) is 40.7 Å². The topological polar surface area (TPSA) is 107 Å². The van der Waals surface area contributed by atoms with Gasteiger partial charge in [-0.1, -0.05) is 45.7 Å². The van der Waals surface area contributed by atoms with Gasteiger partial charge in [-0.2, -0.15) is 0 Å². The first-order valence-electron chi connectivity index (χ1n) is 17.4. The number of hydrogen-bond acceptors (Lipinski definition) is 7. The first-order valence-corrected chi connectivity index (χ1v) is 20.1. The molecule has 2 aliphatic carbocycles. The zero-order valence-corrected chi connectivity index (χ0v) is 32.2. The van der Waals surface area contributed by atoms with Gasteiger partial charge in [-0.25, -0.2) is 4.21 Å². The van der Waals surface area contributed by atoms with Crippen molar-refractivity contribution in [2.24, 2.45) is 16.2 Å². The summed E-state index contributed by atoms with van der Waals surface area (Å²) < 4.78 is 41.4. The number of aryl methyl sites for hydroxylation is 1. The molecule has 1 spiro atoms. The summed E-state index contributed by atoms with van der Waals surface area (Å²) in [6.45, 7) is 5.15. The van der Waals surface area contributed by atoms with Crippen LogP contribution in [0.1, 0.15) is 61.0 Å². The molecule has 9 nitrogen and oxygen atoms in total. The Labute approximate surface area is 313 Å². The standard InChI is InChI=1S/C39H43BrClN3O6S/c1-38(2)37(46)43-51(47,42-36(45)25-8-11-28(40)12-9-25)30-14-17-35-33(21-30)44(22-27-10-15-31(27)34(48-3)7-5-19-50-38)23-39(24-49-35)18-4-6-26-20-29(41)13-16-32(26)39/h5,7-9,11-14,16-17,20-21,27,31,34H,4,6,10,15,18-19,22-24H2,1-3H3,(H,42,43,45,46,47)/t27-,31+,34-,39-,51?/m0/s1. The lowest BCUT2D eigenvalue weighted by Gasteiger charge is -2.46. The van der Waals surface area contributed by atoms with E-state index in [-0.39, 0.29) is 34.5 Å². The van der Waals surface area contributed by atoms with E-state index in [2.05, 4.69) is 42.0 Å². The molecule has 1 fully saturated rings. The van der Waals surface area contributed by atoms with Gasteiger partial charge in [-0.15, -0.1) is 4.36 Å². The summed E-state index contributed by atoms with van der Waals surface area (Å²) in [5.41, 5.74) is 1.77. The van der Waals surface area contributed by atoms with Gasteiger partial charge in [0.1, 0.15) is 11.4 Å². The average molecular weight is 797 g/mol. The minimum absolute atomic E-state index is 0.114. The molecule has 1 unspecified atom stereocenters. The van der Waals surface area contributed by atoms with Crippen molar-refractivity contribution in [2.75, 3.05) is 38.3 Å². The summed E-state index contributed by atoms with van der Waals surface area (Å²) in [7, 11) is -2.14. The number of anilines is 1. The van der Waals surface area contributed by atoms with Crippen molar-refractivity contribution in [2.45, 2.75) is 68.0 Å². The van der Waals surface area contributed by atoms with Crippen molar-refractivity contribution in [1.29, 1.82) is 0 Å². The zero-order chi connectivity index (χ0) is 36.0. The van der Waals surface area contributed by atoms with Crippen LogP contribution in [0.4, 0.5) is 5.69 Å². The number of amides is 2. The van der Waals surface area contributed by atoms with Crippen LogP contribution in [0.15, 0.2) is 86.5 Å². The van der Waals surface area contributed by atoms with E-state index in [9.17, 15) is 9.59 Å². The van der Waals surface area contributed by atoms with Crippen molar-refractivity contribution in [3.8, 4) is 5.75 Å². The van der Waals surface area contributed by atoms with Gasteiger partial charge >= 0.3 is 0 Å². The van der Waals surface area contributed by atoms with Crippen LogP contribution in [0, 0.1) is 11.8 Å². The minimum Gasteiger partial charge on any atom is -0.490 e. The highest BCUT2D eigenvalue weighted by Gasteiger charge is 2.44. The van der Waals surface area contributed by atoms with Crippen LogP contribution in [0.2, 0.25) is 5.02 Å². The van der Waals surface area contributed by atoms with Crippen LogP contribution < -0.4 is 14.4 Å². The molecule has 4 aliphatic rings. The minimum atomic E-state index is -3.87. The lowest BCUT2D eigenvalue weighted by Crippen LogP contribution is -2.49. The fourth-order valence-corrected chi connectivity index (χ4v) is 9.93. The molecule has 3 aromatic carbocycles. The van der Waals surface area contributed by atoms with Crippen LogP contribution >= 0.6 is 27.5 Å². The smallest absolute Gasteiger partial charge is 0.287 e. The molecule has 2 aliphatic heterocycles. The molecular weight excluding hydrogens is 754 g/mol. The van der Waals surface area contributed by atoms with Crippen molar-refractivity contribution in [1.82, 2.24) is 4.72 Å². The number of halogens is 2. The Morgan fingerprint density at radius 3 is 2.67 bits per heavy atom. The lowest BCUT2D eigenvalue weighted by molar-refractivity contribution is -0.137. The predicted molar refractivity (Wildman–Crippen MR) is 202 cm³/mol. The van der Waals surface area contributed by atoms with E-state index in [1.807, 2.05) is 18.2 Å². The molecule has 7 rings (SSSR count). The Kier molecular flexibility index (Phi) is 10.1. The Balaban J connectivity index is 1.37. The van der Waals surface area contributed by atoms with E-state index in [0.717, 1.165) is 53.8 Å². The van der Waals surface area contributed by atoms with Crippen LogP contribution in [-0.4, -0.2) is 61.1 Å². The number of nitrogens with one attached hydrogen (secondary N) is 1. The highest BCUT2D eigenvalue weighted by Crippen LogP contribution is 2.47. The van der Waals surface area contributed by atoms with Crippen LogP contribution in [0.5, 0.6) is 5.75 Å². The molecule has 12 heteroatoms. The van der Waals surface area contributed by atoms with Crippen LogP contribution in [0.3, 0.4) is 0 Å². The number of rotatable bonds is 3. The number of ether oxygens (including phenoxy) is 3. The molecule has 2 amide bonds. The summed E-state index contributed by atoms with van der Waals surface area (Å²) in [6, 6.07) is 18.1. The summed E-state index contributed by atoms with van der Waals surface area (Å²) >= 11 is 9.86. The zero-order valence-electron chi connectivity index (χ0n) is 29.0. The number of hydrogen-bond donors (Lipinski definition) is 1. The van der Waals surface area contributed by atoms with Gasteiger partial charge in [-0.05, 0) is 124 Å². The largest absolute Gasteiger partial charge is 0.490 e. The first kappa shape index (κ1) is 36.2. The Morgan fingerprint density at radius 2 is 1.92 bits per heavy atom. The number of nitrogens with zero attached hydrogens (tertiary/aromatic N) is 2. The Hall–Kier alpha value is -3.22. The van der Waals surface area contributed by atoms with Gasteiger partial charge in [-0.3, -0.25) is 14.3 Å². The third-order valence-electron chi connectivity index (χ3n) is 10.9. The lowest BCUT2D eigenvalue weighted by atomic mass is 9.68. The summed E-state index contributed by atoms with van der Waals surface area (Å²) in [5.74, 6) is -0.138. The Bertz CT molecular complexity index is 1990. The van der Waals surface area contributed by atoms with E-state index in [1.165, 1.54) is 11.1 Å². The van der Waals surface area contributed by atoms with E-state index < -0.39 is 27.3 Å². The van der Waals surface area contributed by atoms with Crippen molar-refractivity contribution < 1.29 is 28.0 Å². The van der Waals surface area contributed by atoms with E-state index in [1.54, 1.807) is 63.4 Å². The molecule has 0 saturated heterocycles. The molecule has 5 atom stereocenters. The maximum atomic E-state index is 15.1. The quantitative estimate of drug-likeness (QED) is 0.271. The second-order valence-electron chi connectivity index (χ2n) is 14.5. The van der Waals surface area contributed by atoms with Gasteiger partial charge < -0.3 is 19.1 Å². The third kappa shape index (κ3) is 7.25. The first-order chi connectivity index (χ1) is 24.4. The summed E-state index contributed by atoms with van der Waals surface area (Å²) in [5, 5.41) is 0.723. The van der Waals surface area contributed by atoms with Gasteiger partial charge in [0.25, 0.3) is 11.8 Å². The van der Waals surface area contributed by atoms with Crippen LogP contribution in [0.25, 0.3) is 0 Å². The van der Waals surface area contributed by atoms with E-state index >= 15 is 4.21 Å². The SMILES string of the molecule is CO[C@H]1C=CCOC(C)(C)C(=O)N=S(=O)(NC(=O)c2ccc(Br)cc2)c2ccc3c(c2)N(C[C@@H]2CC[C@H]21)C[C@@]1(CCCc2cc(Cl)ccc21)CO3. The van der Waals surface area contributed by atoms with Gasteiger partial charge in [0.15, 0.2) is 9.92 Å². The maximum Gasteiger partial charge on any atom is 0.287 e. The fraction of sp³-hybridized carbons (Fsp3) is 0.436.